The van der Waals surface area contributed by atoms with Crippen LogP contribution < -0.4 is 4.90 Å². The van der Waals surface area contributed by atoms with Crippen molar-refractivity contribution in [2.24, 2.45) is 11.8 Å². The molecule has 0 aromatic heterocycles. The number of hydrogen-bond donors (Lipinski definition) is 0. The van der Waals surface area contributed by atoms with Gasteiger partial charge in [-0.25, -0.2) is 0 Å². The number of carbonyl (C=O) groups is 2. The quantitative estimate of drug-likeness (QED) is 0.371. The lowest BCUT2D eigenvalue weighted by atomic mass is 9.53. The summed E-state index contributed by atoms with van der Waals surface area (Å²) >= 11 is 6.10. The van der Waals surface area contributed by atoms with Crippen LogP contribution in [0.5, 0.6) is 0 Å². The Balaban J connectivity index is 1.31. The van der Waals surface area contributed by atoms with Gasteiger partial charge in [-0.2, -0.15) is 0 Å². The van der Waals surface area contributed by atoms with Crippen molar-refractivity contribution in [3.63, 3.8) is 0 Å². The second kappa shape index (κ2) is 6.84. The van der Waals surface area contributed by atoms with Crippen LogP contribution in [0.25, 0.3) is 0 Å². The van der Waals surface area contributed by atoms with E-state index < -0.39 is 0 Å². The minimum absolute atomic E-state index is 0.00839. The Hall–Kier alpha value is -2.47. The van der Waals surface area contributed by atoms with Crippen molar-refractivity contribution in [3.05, 3.63) is 76.3 Å². The standard InChI is InChI=1S/C29H28ClN2O3/c30-19-7-5-17(6-8-19)23(33)16-32-11-10-29-21-3-1-2-4-22(21)31-26(34)14-24-27(28(29)31)20(13-25(29)32)18(15-32)9-12-35-24/h1-9,20,24-25,27-28H,10-16H2/q+1/t20-,24-,25+,27+,28-,29+,32-/m0/s1. The number of fused-ring (bicyclic) bond motifs is 2. The van der Waals surface area contributed by atoms with Gasteiger partial charge < -0.3 is 14.1 Å². The predicted octanol–water partition coefficient (Wildman–Crippen LogP) is 4.14. The normalized spacial score (nSPS) is 39.7. The van der Waals surface area contributed by atoms with E-state index in [-0.39, 0.29) is 29.3 Å². The van der Waals surface area contributed by atoms with Crippen molar-refractivity contribution in [2.75, 3.05) is 31.1 Å². The lowest BCUT2D eigenvalue weighted by Crippen LogP contribution is -2.73. The summed E-state index contributed by atoms with van der Waals surface area (Å²) in [6.07, 6.45) is 4.85. The lowest BCUT2D eigenvalue weighted by Gasteiger charge is -2.60. The molecular formula is C29H28ClN2O3+. The van der Waals surface area contributed by atoms with Gasteiger partial charge in [-0.1, -0.05) is 35.9 Å². The number of ketones is 1. The molecule has 2 aromatic rings. The number of piperidine rings is 2. The first-order chi connectivity index (χ1) is 17.0. The summed E-state index contributed by atoms with van der Waals surface area (Å²) in [6.45, 7) is 2.96. The molecule has 3 saturated heterocycles. The largest absolute Gasteiger partial charge is 0.373 e. The molecule has 1 saturated carbocycles. The number of benzene rings is 2. The van der Waals surface area contributed by atoms with Crippen molar-refractivity contribution in [3.8, 4) is 0 Å². The SMILES string of the molecule is O=C(C[N@+]12CC[C@@]34c5ccccc5N5C(=O)C[C@@H]6OCC=C(C1)[C@H](C[C@H]32)[C@H]6[C@H]54)c1ccc(Cl)cc1. The third-order valence-corrected chi connectivity index (χ3v) is 10.6. The van der Waals surface area contributed by atoms with E-state index in [0.29, 0.717) is 42.5 Å². The average Bonchev–Trinajstić information content (AvgIpc) is 3.29. The first-order valence-electron chi connectivity index (χ1n) is 12.9. The summed E-state index contributed by atoms with van der Waals surface area (Å²) in [5.74, 6) is 1.15. The smallest absolute Gasteiger partial charge is 0.229 e. The van der Waals surface area contributed by atoms with Crippen molar-refractivity contribution >= 4 is 29.0 Å². The van der Waals surface area contributed by atoms with Gasteiger partial charge in [0.1, 0.15) is 19.1 Å². The predicted molar refractivity (Wildman–Crippen MR) is 132 cm³/mol. The molecular weight excluding hydrogens is 460 g/mol. The van der Waals surface area contributed by atoms with Gasteiger partial charge in [0.25, 0.3) is 0 Å². The van der Waals surface area contributed by atoms with Gasteiger partial charge >= 0.3 is 0 Å². The zero-order chi connectivity index (χ0) is 23.5. The maximum atomic E-state index is 13.7. The second-order valence-corrected chi connectivity index (χ2v) is 11.9. The van der Waals surface area contributed by atoms with Crippen molar-refractivity contribution < 1.29 is 18.8 Å². The molecule has 1 spiro atoms. The molecule has 5 nitrogen and oxygen atoms in total. The summed E-state index contributed by atoms with van der Waals surface area (Å²) in [6, 6.07) is 16.4. The van der Waals surface area contributed by atoms with Gasteiger partial charge in [0.2, 0.25) is 11.7 Å². The molecule has 1 aliphatic carbocycles. The minimum atomic E-state index is -0.106. The Morgan fingerprint density at radius 1 is 1.17 bits per heavy atom. The van der Waals surface area contributed by atoms with E-state index >= 15 is 0 Å². The Kier molecular flexibility index (Phi) is 4.05. The van der Waals surface area contributed by atoms with E-state index in [1.54, 1.807) is 0 Å². The number of anilines is 1. The summed E-state index contributed by atoms with van der Waals surface area (Å²) < 4.78 is 7.18. The molecule has 0 N–H and O–H groups in total. The fourth-order valence-corrected chi connectivity index (χ4v) is 9.34. The number of quaternary nitrogens is 1. The summed E-state index contributed by atoms with van der Waals surface area (Å²) in [5, 5.41) is 0.649. The number of amides is 1. The zero-order valence-corrected chi connectivity index (χ0v) is 20.3. The molecule has 6 aliphatic rings. The molecule has 0 radical (unpaired) electrons. The van der Waals surface area contributed by atoms with E-state index in [9.17, 15) is 9.59 Å². The monoisotopic (exact) mass is 487 g/mol. The van der Waals surface area contributed by atoms with Crippen LogP contribution in [0.3, 0.4) is 0 Å². The van der Waals surface area contributed by atoms with E-state index in [1.807, 2.05) is 24.3 Å². The molecule has 35 heavy (non-hydrogen) atoms. The lowest BCUT2D eigenvalue weighted by molar-refractivity contribution is -0.935. The molecule has 5 heterocycles. The molecule has 4 fully saturated rings. The van der Waals surface area contributed by atoms with E-state index in [4.69, 9.17) is 16.3 Å². The summed E-state index contributed by atoms with van der Waals surface area (Å²) in [7, 11) is 0. The second-order valence-electron chi connectivity index (χ2n) is 11.5. The van der Waals surface area contributed by atoms with Crippen LogP contribution in [-0.4, -0.2) is 60.6 Å². The Morgan fingerprint density at radius 3 is 2.86 bits per heavy atom. The molecule has 5 aliphatic heterocycles. The third-order valence-electron chi connectivity index (χ3n) is 10.3. The zero-order valence-electron chi connectivity index (χ0n) is 19.5. The van der Waals surface area contributed by atoms with Crippen LogP contribution in [0.4, 0.5) is 5.69 Å². The fourth-order valence-electron chi connectivity index (χ4n) is 9.21. The highest BCUT2D eigenvalue weighted by molar-refractivity contribution is 6.30. The number of ether oxygens (including phenoxy) is 1. The Labute approximate surface area is 209 Å². The van der Waals surface area contributed by atoms with Gasteiger partial charge in [0, 0.05) is 35.0 Å². The van der Waals surface area contributed by atoms with Crippen molar-refractivity contribution in [2.45, 2.75) is 42.9 Å². The Bertz CT molecular complexity index is 1320. The number of Topliss-reactive ketones (excluding diaryl/α,β-unsaturated/α-hetero) is 1. The molecule has 1 amide bonds. The Morgan fingerprint density at radius 2 is 2.00 bits per heavy atom. The van der Waals surface area contributed by atoms with Crippen LogP contribution in [0.1, 0.15) is 35.2 Å². The van der Waals surface area contributed by atoms with E-state index in [2.05, 4.69) is 35.2 Å². The molecule has 0 unspecified atom stereocenters. The number of hydrogen-bond acceptors (Lipinski definition) is 3. The minimum Gasteiger partial charge on any atom is -0.373 e. The van der Waals surface area contributed by atoms with Gasteiger partial charge in [0.15, 0.2) is 0 Å². The number of rotatable bonds is 3. The first-order valence-corrected chi connectivity index (χ1v) is 13.3. The van der Waals surface area contributed by atoms with Crippen LogP contribution in [0.2, 0.25) is 5.02 Å². The molecule has 8 rings (SSSR count). The van der Waals surface area contributed by atoms with Gasteiger partial charge in [0.05, 0.1) is 37.1 Å². The van der Waals surface area contributed by atoms with Crippen molar-refractivity contribution in [1.29, 1.82) is 0 Å². The summed E-state index contributed by atoms with van der Waals surface area (Å²) in [4.78, 5) is 29.4. The number of nitrogens with zero attached hydrogens (tertiary/aromatic N) is 2. The van der Waals surface area contributed by atoms with Crippen LogP contribution in [-0.2, 0) is 14.9 Å². The molecule has 178 valence electrons. The van der Waals surface area contributed by atoms with Crippen LogP contribution in [0.15, 0.2) is 60.2 Å². The first kappa shape index (κ1) is 20.7. The van der Waals surface area contributed by atoms with Crippen LogP contribution >= 0.6 is 11.6 Å². The maximum absolute atomic E-state index is 13.7. The molecule has 2 aromatic carbocycles. The van der Waals surface area contributed by atoms with Crippen LogP contribution in [0, 0.1) is 11.8 Å². The highest BCUT2D eigenvalue weighted by Gasteiger charge is 2.76. The molecule has 6 heteroatoms. The number of halogens is 1. The highest BCUT2D eigenvalue weighted by atomic mass is 35.5. The van der Waals surface area contributed by atoms with Gasteiger partial charge in [-0.15, -0.1) is 0 Å². The van der Waals surface area contributed by atoms with E-state index in [1.165, 1.54) is 11.1 Å². The fraction of sp³-hybridized carbons (Fsp3) is 0.448. The topological polar surface area (TPSA) is 46.6 Å². The van der Waals surface area contributed by atoms with Gasteiger partial charge in [-0.05, 0) is 47.4 Å². The van der Waals surface area contributed by atoms with Crippen molar-refractivity contribution in [1.82, 2.24) is 0 Å². The average molecular weight is 488 g/mol. The maximum Gasteiger partial charge on any atom is 0.229 e. The molecule has 2 bridgehead atoms. The molecule has 7 atom stereocenters. The highest BCUT2D eigenvalue weighted by Crippen LogP contribution is 2.67. The van der Waals surface area contributed by atoms with E-state index in [0.717, 1.165) is 41.7 Å². The summed E-state index contributed by atoms with van der Waals surface area (Å²) in [5.41, 5.74) is 4.52. The third kappa shape index (κ3) is 2.47. The van der Waals surface area contributed by atoms with Gasteiger partial charge in [-0.3, -0.25) is 9.59 Å². The number of carbonyl (C=O) groups excluding carboxylic acids is 2. The number of para-hydroxylation sites is 1.